The summed E-state index contributed by atoms with van der Waals surface area (Å²) in [5, 5.41) is 3.39. The molecule has 0 aliphatic rings. The number of fused-ring (bicyclic) bond motifs is 1. The van der Waals surface area contributed by atoms with Gasteiger partial charge in [-0.05, 0) is 13.0 Å². The smallest absolute Gasteiger partial charge is 0.123 e. The van der Waals surface area contributed by atoms with Crippen molar-refractivity contribution in [2.24, 2.45) is 0 Å². The highest BCUT2D eigenvalue weighted by Crippen LogP contribution is 2.14. The normalized spacial score (nSPS) is 11.5. The standard InChI is InChI=1S/C12H18N4/c1-4-16-11-5-6-13-7-10(11)15-12(16)8-14-9(2)3/h5-7,9,14H,4,8H2,1-3H3. The van der Waals surface area contributed by atoms with Crippen LogP contribution in [0.15, 0.2) is 18.5 Å². The van der Waals surface area contributed by atoms with Crippen LogP contribution in [0.1, 0.15) is 26.6 Å². The van der Waals surface area contributed by atoms with Gasteiger partial charge >= 0.3 is 0 Å². The molecular formula is C12H18N4. The van der Waals surface area contributed by atoms with Crippen LogP contribution < -0.4 is 5.32 Å². The zero-order chi connectivity index (χ0) is 11.5. The molecule has 0 unspecified atom stereocenters. The molecule has 0 saturated heterocycles. The molecule has 0 fully saturated rings. The van der Waals surface area contributed by atoms with Gasteiger partial charge in [-0.3, -0.25) is 4.98 Å². The predicted molar refractivity (Wildman–Crippen MR) is 65.2 cm³/mol. The molecule has 0 spiro atoms. The van der Waals surface area contributed by atoms with Crippen molar-refractivity contribution in [2.45, 2.75) is 39.9 Å². The van der Waals surface area contributed by atoms with Gasteiger partial charge in [0, 0.05) is 18.8 Å². The minimum Gasteiger partial charge on any atom is -0.327 e. The molecule has 2 aromatic heterocycles. The van der Waals surface area contributed by atoms with E-state index in [9.17, 15) is 0 Å². The lowest BCUT2D eigenvalue weighted by molar-refractivity contribution is 0.554. The summed E-state index contributed by atoms with van der Waals surface area (Å²) in [6.07, 6.45) is 3.64. The molecule has 2 aromatic rings. The van der Waals surface area contributed by atoms with Crippen molar-refractivity contribution in [3.8, 4) is 0 Å². The number of aromatic nitrogens is 3. The average Bonchev–Trinajstić information content (AvgIpc) is 2.63. The summed E-state index contributed by atoms with van der Waals surface area (Å²) >= 11 is 0. The van der Waals surface area contributed by atoms with Crippen molar-refractivity contribution in [1.82, 2.24) is 19.9 Å². The molecule has 0 bridgehead atoms. The van der Waals surface area contributed by atoms with Gasteiger partial charge in [0.2, 0.25) is 0 Å². The lowest BCUT2D eigenvalue weighted by atomic mass is 10.4. The van der Waals surface area contributed by atoms with E-state index < -0.39 is 0 Å². The molecule has 0 aliphatic heterocycles. The van der Waals surface area contributed by atoms with Crippen molar-refractivity contribution < 1.29 is 0 Å². The fraction of sp³-hybridized carbons (Fsp3) is 0.500. The summed E-state index contributed by atoms with van der Waals surface area (Å²) in [7, 11) is 0. The Kier molecular flexibility index (Phi) is 3.19. The fourth-order valence-corrected chi connectivity index (χ4v) is 1.81. The minimum atomic E-state index is 0.475. The number of pyridine rings is 1. The number of rotatable bonds is 4. The Morgan fingerprint density at radius 2 is 2.25 bits per heavy atom. The Labute approximate surface area is 95.7 Å². The van der Waals surface area contributed by atoms with E-state index in [-0.39, 0.29) is 0 Å². The molecule has 86 valence electrons. The van der Waals surface area contributed by atoms with E-state index in [4.69, 9.17) is 0 Å². The Morgan fingerprint density at radius 3 is 2.94 bits per heavy atom. The second-order valence-electron chi connectivity index (χ2n) is 4.17. The Bertz CT molecular complexity index is 473. The molecule has 0 saturated carbocycles. The van der Waals surface area contributed by atoms with Gasteiger partial charge in [0.15, 0.2) is 0 Å². The first kappa shape index (κ1) is 11.1. The molecule has 1 N–H and O–H groups in total. The third-order valence-electron chi connectivity index (χ3n) is 2.61. The van der Waals surface area contributed by atoms with Gasteiger partial charge < -0.3 is 9.88 Å². The molecule has 16 heavy (non-hydrogen) atoms. The first-order valence-corrected chi connectivity index (χ1v) is 5.75. The van der Waals surface area contributed by atoms with Crippen LogP contribution in [0.3, 0.4) is 0 Å². The van der Waals surface area contributed by atoms with Gasteiger partial charge in [-0.15, -0.1) is 0 Å². The molecule has 0 aromatic carbocycles. The van der Waals surface area contributed by atoms with Gasteiger partial charge in [-0.25, -0.2) is 4.98 Å². The van der Waals surface area contributed by atoms with Crippen LogP contribution in [0, 0.1) is 0 Å². The fourth-order valence-electron chi connectivity index (χ4n) is 1.81. The molecule has 0 atom stereocenters. The Balaban J connectivity index is 2.36. The maximum atomic E-state index is 4.59. The second-order valence-corrected chi connectivity index (χ2v) is 4.17. The van der Waals surface area contributed by atoms with E-state index in [1.165, 1.54) is 0 Å². The number of nitrogens with one attached hydrogen (secondary N) is 1. The first-order valence-electron chi connectivity index (χ1n) is 5.75. The topological polar surface area (TPSA) is 42.7 Å². The molecule has 0 aliphatic carbocycles. The lowest BCUT2D eigenvalue weighted by Crippen LogP contribution is -2.23. The second kappa shape index (κ2) is 4.61. The SMILES string of the molecule is CCn1c(CNC(C)C)nc2cnccc21. The van der Waals surface area contributed by atoms with Gasteiger partial charge in [0.05, 0.1) is 18.3 Å². The van der Waals surface area contributed by atoms with Crippen LogP contribution in [0.2, 0.25) is 0 Å². The third-order valence-corrected chi connectivity index (χ3v) is 2.61. The summed E-state index contributed by atoms with van der Waals surface area (Å²) in [5.74, 6) is 1.08. The maximum Gasteiger partial charge on any atom is 0.123 e. The van der Waals surface area contributed by atoms with E-state index in [2.05, 4.69) is 40.6 Å². The number of imidazole rings is 1. The highest BCUT2D eigenvalue weighted by atomic mass is 15.1. The molecule has 0 radical (unpaired) electrons. The van der Waals surface area contributed by atoms with Crippen LogP contribution >= 0.6 is 0 Å². The molecule has 0 amide bonds. The van der Waals surface area contributed by atoms with Crippen molar-refractivity contribution in [3.05, 3.63) is 24.3 Å². The molecule has 2 heterocycles. The average molecular weight is 218 g/mol. The summed E-state index contributed by atoms with van der Waals surface area (Å²) in [4.78, 5) is 8.69. The monoisotopic (exact) mass is 218 g/mol. The van der Waals surface area contributed by atoms with Gasteiger partial charge in [-0.2, -0.15) is 0 Å². The molecule has 2 rings (SSSR count). The highest BCUT2D eigenvalue weighted by molar-refractivity contribution is 5.74. The van der Waals surface area contributed by atoms with Gasteiger partial charge in [-0.1, -0.05) is 13.8 Å². The van der Waals surface area contributed by atoms with Crippen LogP contribution in [-0.2, 0) is 13.1 Å². The van der Waals surface area contributed by atoms with Crippen LogP contribution in [0.5, 0.6) is 0 Å². The van der Waals surface area contributed by atoms with E-state index >= 15 is 0 Å². The van der Waals surface area contributed by atoms with E-state index in [0.717, 1.165) is 29.9 Å². The van der Waals surface area contributed by atoms with E-state index in [1.807, 2.05) is 18.5 Å². The lowest BCUT2D eigenvalue weighted by Gasteiger charge is -2.09. The summed E-state index contributed by atoms with van der Waals surface area (Å²) in [6, 6.07) is 2.49. The summed E-state index contributed by atoms with van der Waals surface area (Å²) in [6.45, 7) is 8.16. The van der Waals surface area contributed by atoms with E-state index in [0.29, 0.717) is 6.04 Å². The van der Waals surface area contributed by atoms with Crippen LogP contribution in [0.25, 0.3) is 11.0 Å². The summed E-state index contributed by atoms with van der Waals surface area (Å²) < 4.78 is 2.23. The van der Waals surface area contributed by atoms with Crippen molar-refractivity contribution in [1.29, 1.82) is 0 Å². The summed E-state index contributed by atoms with van der Waals surface area (Å²) in [5.41, 5.74) is 2.14. The first-order chi connectivity index (χ1) is 7.72. The molecular weight excluding hydrogens is 200 g/mol. The minimum absolute atomic E-state index is 0.475. The zero-order valence-corrected chi connectivity index (χ0v) is 10.1. The maximum absolute atomic E-state index is 4.59. The number of nitrogens with zero attached hydrogens (tertiary/aromatic N) is 3. The Hall–Kier alpha value is -1.42. The van der Waals surface area contributed by atoms with E-state index in [1.54, 1.807) is 0 Å². The van der Waals surface area contributed by atoms with Crippen molar-refractivity contribution in [3.63, 3.8) is 0 Å². The van der Waals surface area contributed by atoms with Gasteiger partial charge in [0.25, 0.3) is 0 Å². The molecule has 4 heteroatoms. The largest absolute Gasteiger partial charge is 0.327 e. The van der Waals surface area contributed by atoms with Gasteiger partial charge in [0.1, 0.15) is 11.3 Å². The van der Waals surface area contributed by atoms with Crippen molar-refractivity contribution in [2.75, 3.05) is 0 Å². The number of hydrogen-bond acceptors (Lipinski definition) is 3. The van der Waals surface area contributed by atoms with Crippen molar-refractivity contribution >= 4 is 11.0 Å². The number of aryl methyl sites for hydroxylation is 1. The quantitative estimate of drug-likeness (QED) is 0.853. The third kappa shape index (κ3) is 2.07. The Morgan fingerprint density at radius 1 is 1.44 bits per heavy atom. The zero-order valence-electron chi connectivity index (χ0n) is 10.1. The molecule has 4 nitrogen and oxygen atoms in total. The van der Waals surface area contributed by atoms with Crippen LogP contribution in [-0.4, -0.2) is 20.6 Å². The van der Waals surface area contributed by atoms with Crippen LogP contribution in [0.4, 0.5) is 0 Å². The highest BCUT2D eigenvalue weighted by Gasteiger charge is 2.08. The number of hydrogen-bond donors (Lipinski definition) is 1. The predicted octanol–water partition coefficient (Wildman–Crippen LogP) is 1.95.